The summed E-state index contributed by atoms with van der Waals surface area (Å²) in [5.41, 5.74) is 1.05. The lowest BCUT2D eigenvalue weighted by Crippen LogP contribution is -2.37. The molecule has 1 atom stereocenters. The maximum Gasteiger partial charge on any atom is 0.273 e. The summed E-state index contributed by atoms with van der Waals surface area (Å²) in [5.74, 6) is 0.584. The highest BCUT2D eigenvalue weighted by Gasteiger charge is 2.16. The van der Waals surface area contributed by atoms with Crippen LogP contribution in [0.1, 0.15) is 34.7 Å². The van der Waals surface area contributed by atoms with E-state index in [0.29, 0.717) is 18.1 Å². The van der Waals surface area contributed by atoms with E-state index in [0.717, 1.165) is 15.2 Å². The second kappa shape index (κ2) is 7.62. The molecule has 0 saturated carbocycles. The maximum absolute atomic E-state index is 12.0. The van der Waals surface area contributed by atoms with Gasteiger partial charge < -0.3 is 19.6 Å². The van der Waals surface area contributed by atoms with Crippen molar-refractivity contribution in [3.05, 3.63) is 41.1 Å². The molecule has 0 spiro atoms. The molecule has 7 nitrogen and oxygen atoms in total. The van der Waals surface area contributed by atoms with Crippen LogP contribution in [0.4, 0.5) is 0 Å². The Morgan fingerprint density at radius 3 is 3.04 bits per heavy atom. The van der Waals surface area contributed by atoms with Crippen molar-refractivity contribution in [3.8, 4) is 5.75 Å². The number of nitrogens with zero attached hydrogens (tertiary/aromatic N) is 2. The summed E-state index contributed by atoms with van der Waals surface area (Å²) >= 11 is 1.63. The smallest absolute Gasteiger partial charge is 0.273 e. The predicted octanol–water partition coefficient (Wildman–Crippen LogP) is 2.67. The zero-order chi connectivity index (χ0) is 17.8. The van der Waals surface area contributed by atoms with Crippen LogP contribution in [-0.2, 0) is 6.61 Å². The van der Waals surface area contributed by atoms with Gasteiger partial charge >= 0.3 is 0 Å². The van der Waals surface area contributed by atoms with Gasteiger partial charge in [0.15, 0.2) is 12.3 Å². The SMILES string of the molecule is CC[C@@H](CO)NC(=O)c1coc(COc2ccc3sc(C)nc3c2)n1. The minimum absolute atomic E-state index is 0.110. The molecule has 2 aromatic heterocycles. The van der Waals surface area contributed by atoms with Gasteiger partial charge in [0.25, 0.3) is 5.91 Å². The van der Waals surface area contributed by atoms with Crippen LogP contribution in [0.15, 0.2) is 28.9 Å². The number of ether oxygens (including phenoxy) is 1. The van der Waals surface area contributed by atoms with Crippen LogP contribution in [0, 0.1) is 6.92 Å². The molecule has 1 aromatic carbocycles. The van der Waals surface area contributed by atoms with E-state index in [9.17, 15) is 4.79 Å². The Bertz CT molecular complexity index is 870. The average molecular weight is 361 g/mol. The minimum atomic E-state index is -0.379. The molecule has 3 rings (SSSR count). The highest BCUT2D eigenvalue weighted by molar-refractivity contribution is 7.18. The first-order valence-corrected chi connectivity index (χ1v) is 8.76. The van der Waals surface area contributed by atoms with Crippen molar-refractivity contribution < 1.29 is 19.1 Å². The number of thiazole rings is 1. The van der Waals surface area contributed by atoms with E-state index in [1.807, 2.05) is 32.0 Å². The molecule has 0 aliphatic carbocycles. The molecule has 1 amide bonds. The third kappa shape index (κ3) is 4.15. The summed E-state index contributed by atoms with van der Waals surface area (Å²) in [5, 5.41) is 12.8. The Morgan fingerprint density at radius 2 is 2.28 bits per heavy atom. The van der Waals surface area contributed by atoms with Gasteiger partial charge in [-0.3, -0.25) is 4.79 Å². The molecular formula is C17H19N3O4S. The largest absolute Gasteiger partial charge is 0.484 e. The molecule has 0 unspecified atom stereocenters. The Hall–Kier alpha value is -2.45. The fourth-order valence-electron chi connectivity index (χ4n) is 2.27. The van der Waals surface area contributed by atoms with Gasteiger partial charge in [0, 0.05) is 6.07 Å². The van der Waals surface area contributed by atoms with Crippen LogP contribution < -0.4 is 10.1 Å². The Balaban J connectivity index is 1.61. The number of hydrogen-bond donors (Lipinski definition) is 2. The van der Waals surface area contributed by atoms with E-state index in [4.69, 9.17) is 14.3 Å². The normalized spacial score (nSPS) is 12.3. The van der Waals surface area contributed by atoms with E-state index in [2.05, 4.69) is 15.3 Å². The maximum atomic E-state index is 12.0. The van der Waals surface area contributed by atoms with Crippen molar-refractivity contribution in [3.63, 3.8) is 0 Å². The Labute approximate surface area is 148 Å². The standard InChI is InChI=1S/C17H19N3O4S/c1-3-11(7-21)19-17(22)14-8-24-16(20-14)9-23-12-4-5-15-13(6-12)18-10(2)25-15/h4-6,8,11,21H,3,7,9H2,1-2H3,(H,19,22)/t11-/m0/s1. The van der Waals surface area contributed by atoms with Crippen LogP contribution in [-0.4, -0.2) is 33.6 Å². The van der Waals surface area contributed by atoms with Crippen molar-refractivity contribution in [2.45, 2.75) is 32.9 Å². The van der Waals surface area contributed by atoms with E-state index >= 15 is 0 Å². The first-order valence-electron chi connectivity index (χ1n) is 7.95. The summed E-state index contributed by atoms with van der Waals surface area (Å²) in [6, 6.07) is 5.40. The summed E-state index contributed by atoms with van der Waals surface area (Å²) in [4.78, 5) is 20.6. The molecule has 8 heteroatoms. The second-order valence-electron chi connectivity index (χ2n) is 5.54. The third-order valence-electron chi connectivity index (χ3n) is 3.66. The predicted molar refractivity (Wildman–Crippen MR) is 93.8 cm³/mol. The number of aliphatic hydroxyl groups excluding tert-OH is 1. The number of fused-ring (bicyclic) bond motifs is 1. The molecule has 3 aromatic rings. The molecule has 2 N–H and O–H groups in total. The minimum Gasteiger partial charge on any atom is -0.484 e. The number of carbonyl (C=O) groups is 1. The summed E-state index contributed by atoms with van der Waals surface area (Å²) in [7, 11) is 0. The molecule has 0 aliphatic rings. The number of nitrogens with one attached hydrogen (secondary N) is 1. The van der Waals surface area contributed by atoms with Gasteiger partial charge in [0.05, 0.1) is 27.9 Å². The van der Waals surface area contributed by atoms with Crippen molar-refractivity contribution in [1.29, 1.82) is 0 Å². The lowest BCUT2D eigenvalue weighted by Gasteiger charge is -2.12. The van der Waals surface area contributed by atoms with Crippen LogP contribution >= 0.6 is 11.3 Å². The zero-order valence-electron chi connectivity index (χ0n) is 14.0. The number of benzene rings is 1. The molecule has 0 saturated heterocycles. The number of aromatic nitrogens is 2. The van der Waals surface area contributed by atoms with Gasteiger partial charge in [-0.25, -0.2) is 9.97 Å². The first-order chi connectivity index (χ1) is 12.1. The summed E-state index contributed by atoms with van der Waals surface area (Å²) in [6.45, 7) is 3.84. The summed E-state index contributed by atoms with van der Waals surface area (Å²) < 4.78 is 12.0. The molecule has 25 heavy (non-hydrogen) atoms. The lowest BCUT2D eigenvalue weighted by atomic mass is 10.2. The monoisotopic (exact) mass is 361 g/mol. The van der Waals surface area contributed by atoms with E-state index in [1.165, 1.54) is 6.26 Å². The highest BCUT2D eigenvalue weighted by Crippen LogP contribution is 2.25. The second-order valence-corrected chi connectivity index (χ2v) is 6.77. The van der Waals surface area contributed by atoms with Crippen molar-refractivity contribution >= 4 is 27.5 Å². The number of hydrogen-bond acceptors (Lipinski definition) is 7. The molecular weight excluding hydrogens is 342 g/mol. The number of aryl methyl sites for hydroxylation is 1. The fourth-order valence-corrected chi connectivity index (χ4v) is 3.08. The van der Waals surface area contributed by atoms with Crippen LogP contribution in [0.3, 0.4) is 0 Å². The van der Waals surface area contributed by atoms with Gasteiger partial charge in [-0.15, -0.1) is 11.3 Å². The first kappa shape index (κ1) is 17.4. The molecule has 0 fully saturated rings. The Morgan fingerprint density at radius 1 is 1.44 bits per heavy atom. The summed E-state index contributed by atoms with van der Waals surface area (Å²) in [6.07, 6.45) is 1.92. The van der Waals surface area contributed by atoms with Crippen molar-refractivity contribution in [2.24, 2.45) is 0 Å². The van der Waals surface area contributed by atoms with E-state index in [-0.39, 0.29) is 30.9 Å². The average Bonchev–Trinajstić information content (AvgIpc) is 3.22. The number of oxazole rings is 1. The number of amides is 1. The Kier molecular flexibility index (Phi) is 5.30. The van der Waals surface area contributed by atoms with Crippen LogP contribution in [0.2, 0.25) is 0 Å². The quantitative estimate of drug-likeness (QED) is 0.671. The van der Waals surface area contributed by atoms with Crippen molar-refractivity contribution in [1.82, 2.24) is 15.3 Å². The lowest BCUT2D eigenvalue weighted by molar-refractivity contribution is 0.0910. The number of rotatable bonds is 7. The topological polar surface area (TPSA) is 97.5 Å². The van der Waals surface area contributed by atoms with Gasteiger partial charge in [0.2, 0.25) is 5.89 Å². The van der Waals surface area contributed by atoms with Crippen molar-refractivity contribution in [2.75, 3.05) is 6.61 Å². The molecule has 0 aliphatic heterocycles. The van der Waals surface area contributed by atoms with Crippen LogP contribution in [0.25, 0.3) is 10.2 Å². The molecule has 2 heterocycles. The van der Waals surface area contributed by atoms with Gasteiger partial charge in [0.1, 0.15) is 12.0 Å². The molecule has 0 bridgehead atoms. The zero-order valence-corrected chi connectivity index (χ0v) is 14.8. The fraction of sp³-hybridized carbons (Fsp3) is 0.353. The van der Waals surface area contributed by atoms with E-state index in [1.54, 1.807) is 11.3 Å². The van der Waals surface area contributed by atoms with Crippen LogP contribution in [0.5, 0.6) is 5.75 Å². The number of carbonyl (C=O) groups excluding carboxylic acids is 1. The molecule has 0 radical (unpaired) electrons. The van der Waals surface area contributed by atoms with Gasteiger partial charge in [-0.1, -0.05) is 6.92 Å². The highest BCUT2D eigenvalue weighted by atomic mass is 32.1. The van der Waals surface area contributed by atoms with E-state index < -0.39 is 0 Å². The van der Waals surface area contributed by atoms with Gasteiger partial charge in [-0.05, 0) is 25.5 Å². The van der Waals surface area contributed by atoms with Gasteiger partial charge in [-0.2, -0.15) is 0 Å². The number of aliphatic hydroxyl groups is 1. The third-order valence-corrected chi connectivity index (χ3v) is 4.61. The molecule has 132 valence electrons.